The van der Waals surface area contributed by atoms with Crippen molar-refractivity contribution in [2.75, 3.05) is 13.2 Å². The molecule has 17 heavy (non-hydrogen) atoms. The zero-order valence-corrected chi connectivity index (χ0v) is 9.37. The van der Waals surface area contributed by atoms with Crippen molar-refractivity contribution in [3.63, 3.8) is 0 Å². The van der Waals surface area contributed by atoms with Crippen molar-refractivity contribution in [1.82, 2.24) is 14.6 Å². The van der Waals surface area contributed by atoms with Crippen molar-refractivity contribution in [2.45, 2.75) is 12.8 Å². The van der Waals surface area contributed by atoms with Crippen LogP contribution in [0.5, 0.6) is 0 Å². The number of ether oxygens (including phenoxy) is 1. The van der Waals surface area contributed by atoms with Crippen LogP contribution in [-0.4, -0.2) is 34.1 Å². The van der Waals surface area contributed by atoms with Gasteiger partial charge < -0.3 is 4.74 Å². The molecule has 3 heterocycles. The van der Waals surface area contributed by atoms with Gasteiger partial charge in [-0.1, -0.05) is 6.07 Å². The second kappa shape index (κ2) is 4.25. The lowest BCUT2D eigenvalue weighted by Crippen LogP contribution is -2.09. The summed E-state index contributed by atoms with van der Waals surface area (Å²) in [6, 6.07) is 5.45. The molecule has 88 valence electrons. The average molecular weight is 231 g/mol. The Balaban J connectivity index is 2.00. The van der Waals surface area contributed by atoms with Crippen LogP contribution in [0.15, 0.2) is 18.2 Å². The third kappa shape index (κ3) is 1.82. The van der Waals surface area contributed by atoms with E-state index in [1.165, 1.54) is 0 Å². The van der Waals surface area contributed by atoms with Crippen molar-refractivity contribution in [1.29, 1.82) is 0 Å². The van der Waals surface area contributed by atoms with Crippen molar-refractivity contribution >= 4 is 11.9 Å². The van der Waals surface area contributed by atoms with Crippen LogP contribution in [0.1, 0.15) is 22.7 Å². The second-order valence-corrected chi connectivity index (χ2v) is 4.31. The SMILES string of the molecule is O=Cc1cccc2nnc(CC3CCOC3)n12. The fraction of sp³-hybridized carbons (Fsp3) is 0.417. The molecule has 5 nitrogen and oxygen atoms in total. The van der Waals surface area contributed by atoms with Crippen LogP contribution in [0.25, 0.3) is 5.65 Å². The Labute approximate surface area is 98.4 Å². The fourth-order valence-corrected chi connectivity index (χ4v) is 2.25. The Morgan fingerprint density at radius 2 is 2.41 bits per heavy atom. The van der Waals surface area contributed by atoms with Gasteiger partial charge in [0.15, 0.2) is 11.9 Å². The number of rotatable bonds is 3. The summed E-state index contributed by atoms with van der Waals surface area (Å²) >= 11 is 0. The number of aldehydes is 1. The molecule has 0 bridgehead atoms. The topological polar surface area (TPSA) is 56.5 Å². The van der Waals surface area contributed by atoms with E-state index in [0.29, 0.717) is 11.6 Å². The molecule has 2 aromatic heterocycles. The first kappa shape index (κ1) is 10.4. The summed E-state index contributed by atoms with van der Waals surface area (Å²) in [7, 11) is 0. The van der Waals surface area contributed by atoms with E-state index in [1.54, 1.807) is 6.07 Å². The lowest BCUT2D eigenvalue weighted by atomic mass is 10.0. The largest absolute Gasteiger partial charge is 0.381 e. The molecule has 0 saturated carbocycles. The number of carbonyl (C=O) groups excluding carboxylic acids is 1. The van der Waals surface area contributed by atoms with E-state index in [1.807, 2.05) is 16.5 Å². The normalized spacial score (nSPS) is 19.9. The van der Waals surface area contributed by atoms with Gasteiger partial charge in [-0.25, -0.2) is 0 Å². The molecule has 1 aliphatic rings. The van der Waals surface area contributed by atoms with Gasteiger partial charge in [-0.3, -0.25) is 9.20 Å². The molecule has 1 fully saturated rings. The van der Waals surface area contributed by atoms with E-state index in [9.17, 15) is 4.79 Å². The third-order valence-corrected chi connectivity index (χ3v) is 3.14. The predicted molar refractivity (Wildman–Crippen MR) is 61.0 cm³/mol. The number of hydrogen-bond donors (Lipinski definition) is 0. The lowest BCUT2D eigenvalue weighted by molar-refractivity contribution is 0.111. The van der Waals surface area contributed by atoms with Gasteiger partial charge in [-0.2, -0.15) is 0 Å². The highest BCUT2D eigenvalue weighted by molar-refractivity contribution is 5.73. The number of aromatic nitrogens is 3. The van der Waals surface area contributed by atoms with E-state index < -0.39 is 0 Å². The quantitative estimate of drug-likeness (QED) is 0.743. The summed E-state index contributed by atoms with van der Waals surface area (Å²) < 4.78 is 7.17. The van der Waals surface area contributed by atoms with Crippen LogP contribution >= 0.6 is 0 Å². The predicted octanol–water partition coefficient (Wildman–Crippen LogP) is 1.12. The van der Waals surface area contributed by atoms with E-state index in [2.05, 4.69) is 10.2 Å². The highest BCUT2D eigenvalue weighted by atomic mass is 16.5. The summed E-state index contributed by atoms with van der Waals surface area (Å²) in [6.45, 7) is 1.60. The van der Waals surface area contributed by atoms with Crippen molar-refractivity contribution < 1.29 is 9.53 Å². The van der Waals surface area contributed by atoms with E-state index in [4.69, 9.17) is 4.74 Å². The number of carbonyl (C=O) groups is 1. The van der Waals surface area contributed by atoms with Crippen LogP contribution in [0.2, 0.25) is 0 Å². The molecule has 0 spiro atoms. The molecule has 1 unspecified atom stereocenters. The van der Waals surface area contributed by atoms with Crippen LogP contribution in [0.3, 0.4) is 0 Å². The maximum atomic E-state index is 11.0. The highest BCUT2D eigenvalue weighted by Crippen LogP contribution is 2.18. The third-order valence-electron chi connectivity index (χ3n) is 3.14. The monoisotopic (exact) mass is 231 g/mol. The van der Waals surface area contributed by atoms with Gasteiger partial charge in [0, 0.05) is 19.6 Å². The first-order valence-corrected chi connectivity index (χ1v) is 5.74. The molecule has 5 heteroatoms. The van der Waals surface area contributed by atoms with Gasteiger partial charge in [0.1, 0.15) is 5.82 Å². The molecule has 1 saturated heterocycles. The Bertz CT molecular complexity index is 544. The molecule has 1 aliphatic heterocycles. The summed E-state index contributed by atoms with van der Waals surface area (Å²) in [5.41, 5.74) is 1.32. The van der Waals surface area contributed by atoms with Gasteiger partial charge in [-0.05, 0) is 24.5 Å². The molecular formula is C12H13N3O2. The molecule has 0 radical (unpaired) electrons. The number of nitrogens with zero attached hydrogens (tertiary/aromatic N) is 3. The van der Waals surface area contributed by atoms with Crippen LogP contribution in [-0.2, 0) is 11.2 Å². The minimum atomic E-state index is 0.488. The van der Waals surface area contributed by atoms with Gasteiger partial charge >= 0.3 is 0 Å². The smallest absolute Gasteiger partial charge is 0.166 e. The molecule has 1 atom stereocenters. The van der Waals surface area contributed by atoms with Crippen molar-refractivity contribution in [3.8, 4) is 0 Å². The van der Waals surface area contributed by atoms with E-state index >= 15 is 0 Å². The molecule has 0 N–H and O–H groups in total. The maximum absolute atomic E-state index is 11.0. The lowest BCUT2D eigenvalue weighted by Gasteiger charge is -2.06. The molecule has 0 aromatic carbocycles. The molecule has 2 aromatic rings. The standard InChI is InChI=1S/C12H13N3O2/c16-7-10-2-1-3-11-13-14-12(15(10)11)6-9-4-5-17-8-9/h1-3,7,9H,4-6,8H2. The van der Waals surface area contributed by atoms with Crippen LogP contribution in [0.4, 0.5) is 0 Å². The summed E-state index contributed by atoms with van der Waals surface area (Å²) in [5, 5.41) is 8.25. The number of pyridine rings is 1. The average Bonchev–Trinajstić information content (AvgIpc) is 2.99. The Morgan fingerprint density at radius 3 is 3.18 bits per heavy atom. The Morgan fingerprint density at radius 1 is 1.47 bits per heavy atom. The second-order valence-electron chi connectivity index (χ2n) is 4.31. The number of hydrogen-bond acceptors (Lipinski definition) is 4. The molecule has 3 rings (SSSR count). The first-order valence-electron chi connectivity index (χ1n) is 5.74. The highest BCUT2D eigenvalue weighted by Gasteiger charge is 2.19. The van der Waals surface area contributed by atoms with E-state index in [-0.39, 0.29) is 0 Å². The Hall–Kier alpha value is -1.75. The Kier molecular flexibility index (Phi) is 2.60. The molecule has 0 aliphatic carbocycles. The molecule has 0 amide bonds. The first-order chi connectivity index (χ1) is 8.38. The molecular weight excluding hydrogens is 218 g/mol. The minimum absolute atomic E-state index is 0.488. The summed E-state index contributed by atoms with van der Waals surface area (Å²) in [5.74, 6) is 1.33. The minimum Gasteiger partial charge on any atom is -0.381 e. The van der Waals surface area contributed by atoms with Gasteiger partial charge in [0.2, 0.25) is 0 Å². The number of fused-ring (bicyclic) bond motifs is 1. The van der Waals surface area contributed by atoms with Gasteiger partial charge in [0.25, 0.3) is 0 Å². The van der Waals surface area contributed by atoms with Gasteiger partial charge in [-0.15, -0.1) is 10.2 Å². The van der Waals surface area contributed by atoms with Crippen LogP contribution in [0, 0.1) is 5.92 Å². The van der Waals surface area contributed by atoms with Crippen LogP contribution < -0.4 is 0 Å². The van der Waals surface area contributed by atoms with Gasteiger partial charge in [0.05, 0.1) is 5.69 Å². The fourth-order valence-electron chi connectivity index (χ4n) is 2.25. The summed E-state index contributed by atoms with van der Waals surface area (Å²) in [4.78, 5) is 11.0. The van der Waals surface area contributed by atoms with Crippen molar-refractivity contribution in [2.24, 2.45) is 5.92 Å². The maximum Gasteiger partial charge on any atom is 0.166 e. The van der Waals surface area contributed by atoms with E-state index in [0.717, 1.165) is 43.8 Å². The zero-order valence-electron chi connectivity index (χ0n) is 9.37. The van der Waals surface area contributed by atoms with Crippen molar-refractivity contribution in [3.05, 3.63) is 29.7 Å². The zero-order chi connectivity index (χ0) is 11.7. The summed E-state index contributed by atoms with van der Waals surface area (Å²) in [6.07, 6.45) is 2.70.